The maximum absolute atomic E-state index is 12.8. The molecule has 0 bridgehead atoms. The molecule has 0 aliphatic heterocycles. The van der Waals surface area contributed by atoms with E-state index in [-0.39, 0.29) is 12.6 Å². The zero-order valence-corrected chi connectivity index (χ0v) is 14.3. The minimum absolute atomic E-state index is 0.0388. The largest absolute Gasteiger partial charge is 0.416 e. The van der Waals surface area contributed by atoms with Crippen LogP contribution in [0, 0.1) is 6.92 Å². The second kappa shape index (κ2) is 7.91. The number of hydrogen-bond donors (Lipinski definition) is 2. The Balaban J connectivity index is 2.13. The van der Waals surface area contributed by atoms with E-state index in [4.69, 9.17) is 0 Å². The van der Waals surface area contributed by atoms with Crippen molar-refractivity contribution in [3.63, 3.8) is 0 Å². The van der Waals surface area contributed by atoms with E-state index in [1.165, 1.54) is 0 Å². The van der Waals surface area contributed by atoms with Gasteiger partial charge in [-0.15, -0.1) is 0 Å². The van der Waals surface area contributed by atoms with Crippen molar-refractivity contribution in [3.05, 3.63) is 64.7 Å². The topological polar surface area (TPSA) is 58.2 Å². The third kappa shape index (κ3) is 5.73. The van der Waals surface area contributed by atoms with Crippen LogP contribution in [0.15, 0.2) is 42.5 Å². The van der Waals surface area contributed by atoms with Crippen molar-refractivity contribution < 1.29 is 35.9 Å². The highest BCUT2D eigenvalue weighted by atomic mass is 19.4. The smallest absolute Gasteiger partial charge is 0.344 e. The van der Waals surface area contributed by atoms with Crippen LogP contribution in [0.1, 0.15) is 22.3 Å². The van der Waals surface area contributed by atoms with Gasteiger partial charge in [-0.2, -0.15) is 26.3 Å². The van der Waals surface area contributed by atoms with E-state index in [0.29, 0.717) is 17.7 Å². The zero-order valence-electron chi connectivity index (χ0n) is 14.3. The third-order valence-corrected chi connectivity index (χ3v) is 3.63. The van der Waals surface area contributed by atoms with Crippen molar-refractivity contribution in [1.82, 2.24) is 5.32 Å². The molecule has 2 rings (SSSR count). The van der Waals surface area contributed by atoms with Crippen LogP contribution >= 0.6 is 0 Å². The van der Waals surface area contributed by atoms with Gasteiger partial charge in [-0.05, 0) is 30.7 Å². The predicted molar refractivity (Wildman–Crippen MR) is 88.1 cm³/mol. The molecule has 0 radical (unpaired) electrons. The van der Waals surface area contributed by atoms with Gasteiger partial charge in [0.2, 0.25) is 0 Å². The number of amides is 2. The molecule has 0 atom stereocenters. The van der Waals surface area contributed by atoms with Crippen LogP contribution in [0.25, 0.3) is 0 Å². The lowest BCUT2D eigenvalue weighted by Crippen LogP contribution is -2.35. The van der Waals surface area contributed by atoms with Gasteiger partial charge >= 0.3 is 24.2 Å². The summed E-state index contributed by atoms with van der Waals surface area (Å²) in [4.78, 5) is 23.6. The van der Waals surface area contributed by atoms with Crippen LogP contribution in [-0.4, -0.2) is 11.8 Å². The number of aryl methyl sites for hydroxylation is 1. The van der Waals surface area contributed by atoms with Crippen LogP contribution in [0.5, 0.6) is 0 Å². The SMILES string of the molecule is Cc1ccc(CNC(=O)C(=O)Nc2cc(C(F)(F)F)cc(C(F)(F)F)c2)cc1. The average Bonchev–Trinajstić information content (AvgIpc) is 2.59. The van der Waals surface area contributed by atoms with E-state index in [1.54, 1.807) is 29.6 Å². The van der Waals surface area contributed by atoms with Gasteiger partial charge in [-0.1, -0.05) is 29.8 Å². The molecular formula is C18H14F6N2O2. The van der Waals surface area contributed by atoms with Gasteiger partial charge in [0.25, 0.3) is 0 Å². The third-order valence-electron chi connectivity index (χ3n) is 3.63. The molecule has 0 aliphatic rings. The summed E-state index contributed by atoms with van der Waals surface area (Å²) in [5.74, 6) is -2.59. The number of carbonyl (C=O) groups excluding carboxylic acids is 2. The fraction of sp³-hybridized carbons (Fsp3) is 0.222. The second-order valence-electron chi connectivity index (χ2n) is 5.92. The summed E-state index contributed by atoms with van der Waals surface area (Å²) in [5.41, 5.74) is -2.36. The van der Waals surface area contributed by atoms with Crippen molar-refractivity contribution in [2.24, 2.45) is 0 Å². The molecule has 0 saturated heterocycles. The molecule has 2 aromatic carbocycles. The number of carbonyl (C=O) groups is 2. The van der Waals surface area contributed by atoms with Gasteiger partial charge in [-0.3, -0.25) is 9.59 Å². The van der Waals surface area contributed by atoms with Gasteiger partial charge in [-0.25, -0.2) is 0 Å². The normalized spacial score (nSPS) is 11.8. The molecule has 150 valence electrons. The molecule has 0 fully saturated rings. The first-order valence-electron chi connectivity index (χ1n) is 7.80. The highest BCUT2D eigenvalue weighted by Crippen LogP contribution is 2.37. The summed E-state index contributed by atoms with van der Waals surface area (Å²) in [6, 6.07) is 7.48. The minimum Gasteiger partial charge on any atom is -0.344 e. The van der Waals surface area contributed by atoms with E-state index in [0.717, 1.165) is 5.56 Å². The molecule has 0 aliphatic carbocycles. The summed E-state index contributed by atoms with van der Waals surface area (Å²) in [5, 5.41) is 3.99. The van der Waals surface area contributed by atoms with Crippen LogP contribution in [0.2, 0.25) is 0 Å². The first-order chi connectivity index (χ1) is 12.9. The molecule has 10 heteroatoms. The Morgan fingerprint density at radius 1 is 0.821 bits per heavy atom. The first-order valence-corrected chi connectivity index (χ1v) is 7.80. The van der Waals surface area contributed by atoms with E-state index in [2.05, 4.69) is 5.32 Å². The molecule has 2 aromatic rings. The van der Waals surface area contributed by atoms with E-state index >= 15 is 0 Å². The Labute approximate surface area is 155 Å². The Morgan fingerprint density at radius 2 is 1.32 bits per heavy atom. The van der Waals surface area contributed by atoms with Gasteiger partial charge in [0, 0.05) is 12.2 Å². The van der Waals surface area contributed by atoms with Crippen LogP contribution in [-0.2, 0) is 28.5 Å². The number of benzene rings is 2. The lowest BCUT2D eigenvalue weighted by molar-refractivity contribution is -0.143. The summed E-state index contributed by atoms with van der Waals surface area (Å²) in [6.07, 6.45) is -10.1. The van der Waals surface area contributed by atoms with Crippen molar-refractivity contribution in [1.29, 1.82) is 0 Å². The molecule has 2 N–H and O–H groups in total. The average molecular weight is 404 g/mol. The lowest BCUT2D eigenvalue weighted by Gasteiger charge is -2.14. The molecule has 2 amide bonds. The summed E-state index contributed by atoms with van der Waals surface area (Å²) < 4.78 is 76.9. The zero-order chi connectivity index (χ0) is 21.1. The lowest BCUT2D eigenvalue weighted by atomic mass is 10.1. The van der Waals surface area contributed by atoms with Gasteiger partial charge in [0.1, 0.15) is 0 Å². The highest BCUT2D eigenvalue weighted by molar-refractivity contribution is 6.39. The molecule has 0 saturated carbocycles. The van der Waals surface area contributed by atoms with E-state index in [1.807, 2.05) is 6.92 Å². The summed E-state index contributed by atoms with van der Waals surface area (Å²) >= 11 is 0. The Hall–Kier alpha value is -3.04. The quantitative estimate of drug-likeness (QED) is 0.593. The number of anilines is 1. The monoisotopic (exact) mass is 404 g/mol. The minimum atomic E-state index is -5.06. The van der Waals surface area contributed by atoms with Gasteiger partial charge in [0.05, 0.1) is 11.1 Å². The Kier molecular flexibility index (Phi) is 6.01. The molecular weight excluding hydrogens is 390 g/mol. The van der Waals surface area contributed by atoms with Crippen molar-refractivity contribution in [3.8, 4) is 0 Å². The van der Waals surface area contributed by atoms with Crippen molar-refractivity contribution in [2.45, 2.75) is 25.8 Å². The highest BCUT2D eigenvalue weighted by Gasteiger charge is 2.37. The molecule has 0 aromatic heterocycles. The second-order valence-corrected chi connectivity index (χ2v) is 5.92. The number of nitrogens with one attached hydrogen (secondary N) is 2. The van der Waals surface area contributed by atoms with Gasteiger partial charge < -0.3 is 10.6 Å². The van der Waals surface area contributed by atoms with Crippen LogP contribution < -0.4 is 10.6 Å². The molecule has 0 heterocycles. The number of rotatable bonds is 3. The standard InChI is InChI=1S/C18H14F6N2O2/c1-10-2-4-11(5-3-10)9-25-15(27)16(28)26-14-7-12(17(19,20)21)6-13(8-14)18(22,23)24/h2-8H,9H2,1H3,(H,25,27)(H,26,28). The molecule has 0 spiro atoms. The van der Waals surface area contributed by atoms with Crippen molar-refractivity contribution >= 4 is 17.5 Å². The number of alkyl halides is 6. The van der Waals surface area contributed by atoms with E-state index in [9.17, 15) is 35.9 Å². The fourth-order valence-corrected chi connectivity index (χ4v) is 2.18. The first kappa shape index (κ1) is 21.3. The predicted octanol–water partition coefficient (Wildman–Crippen LogP) is 4.29. The number of hydrogen-bond acceptors (Lipinski definition) is 2. The Morgan fingerprint density at radius 3 is 1.79 bits per heavy atom. The van der Waals surface area contributed by atoms with E-state index < -0.39 is 41.0 Å². The van der Waals surface area contributed by atoms with Crippen LogP contribution in [0.3, 0.4) is 0 Å². The Bertz CT molecular complexity index is 841. The maximum atomic E-state index is 12.8. The molecule has 0 unspecified atom stereocenters. The van der Waals surface area contributed by atoms with Crippen LogP contribution in [0.4, 0.5) is 32.0 Å². The molecule has 4 nitrogen and oxygen atoms in total. The maximum Gasteiger partial charge on any atom is 0.416 e. The summed E-state index contributed by atoms with van der Waals surface area (Å²) in [6.45, 7) is 1.81. The molecule has 28 heavy (non-hydrogen) atoms. The van der Waals surface area contributed by atoms with Gasteiger partial charge in [0.15, 0.2) is 0 Å². The van der Waals surface area contributed by atoms with Crippen molar-refractivity contribution in [2.75, 3.05) is 5.32 Å². The summed E-state index contributed by atoms with van der Waals surface area (Å²) in [7, 11) is 0. The number of halogens is 6. The fourth-order valence-electron chi connectivity index (χ4n) is 2.18.